The summed E-state index contributed by atoms with van der Waals surface area (Å²) in [7, 11) is 0. The molecule has 0 saturated carbocycles. The third-order valence-corrected chi connectivity index (χ3v) is 2.30. The molecule has 0 aliphatic carbocycles. The Bertz CT molecular complexity index is 345. The third-order valence-electron chi connectivity index (χ3n) is 2.30. The van der Waals surface area contributed by atoms with Crippen LogP contribution in [-0.4, -0.2) is 35.2 Å². The SMILES string of the molecule is CCOc1ccnc(N2CC(C)(N)C2)n1. The predicted octanol–water partition coefficient (Wildman–Crippen LogP) is 0.413. The molecule has 0 atom stereocenters. The van der Waals surface area contributed by atoms with Crippen LogP contribution in [0, 0.1) is 0 Å². The van der Waals surface area contributed by atoms with E-state index >= 15 is 0 Å². The molecule has 82 valence electrons. The van der Waals surface area contributed by atoms with E-state index in [1.807, 2.05) is 18.7 Å². The van der Waals surface area contributed by atoms with Crippen LogP contribution in [0.25, 0.3) is 0 Å². The summed E-state index contributed by atoms with van der Waals surface area (Å²) in [6.07, 6.45) is 1.71. The lowest BCUT2D eigenvalue weighted by Gasteiger charge is -2.45. The summed E-state index contributed by atoms with van der Waals surface area (Å²) in [5.74, 6) is 1.32. The van der Waals surface area contributed by atoms with Crippen molar-refractivity contribution in [3.05, 3.63) is 12.3 Å². The highest BCUT2D eigenvalue weighted by Gasteiger charge is 2.36. The lowest BCUT2D eigenvalue weighted by atomic mass is 9.94. The van der Waals surface area contributed by atoms with Crippen LogP contribution in [0.15, 0.2) is 12.3 Å². The molecule has 2 N–H and O–H groups in total. The van der Waals surface area contributed by atoms with Crippen molar-refractivity contribution in [3.63, 3.8) is 0 Å². The van der Waals surface area contributed by atoms with Gasteiger partial charge < -0.3 is 15.4 Å². The summed E-state index contributed by atoms with van der Waals surface area (Å²) < 4.78 is 5.31. The van der Waals surface area contributed by atoms with Crippen LogP contribution in [-0.2, 0) is 0 Å². The van der Waals surface area contributed by atoms with Crippen molar-refractivity contribution in [2.45, 2.75) is 19.4 Å². The first-order valence-electron chi connectivity index (χ1n) is 5.10. The number of anilines is 1. The third kappa shape index (κ3) is 2.18. The molecule has 0 aromatic carbocycles. The molecule has 5 nitrogen and oxygen atoms in total. The largest absolute Gasteiger partial charge is 0.478 e. The van der Waals surface area contributed by atoms with Crippen LogP contribution < -0.4 is 15.4 Å². The van der Waals surface area contributed by atoms with Gasteiger partial charge in [0.1, 0.15) is 0 Å². The van der Waals surface area contributed by atoms with Gasteiger partial charge in [0.2, 0.25) is 11.8 Å². The van der Waals surface area contributed by atoms with E-state index in [2.05, 4.69) is 9.97 Å². The molecule has 0 unspecified atom stereocenters. The molecule has 1 aromatic heterocycles. The van der Waals surface area contributed by atoms with Gasteiger partial charge >= 0.3 is 0 Å². The normalized spacial score (nSPS) is 18.5. The minimum Gasteiger partial charge on any atom is -0.478 e. The van der Waals surface area contributed by atoms with Gasteiger partial charge in [0.25, 0.3) is 0 Å². The zero-order chi connectivity index (χ0) is 10.9. The smallest absolute Gasteiger partial charge is 0.228 e. The van der Waals surface area contributed by atoms with Gasteiger partial charge in [-0.3, -0.25) is 0 Å². The van der Waals surface area contributed by atoms with Crippen molar-refractivity contribution in [1.29, 1.82) is 0 Å². The number of aromatic nitrogens is 2. The molecule has 1 aliphatic rings. The van der Waals surface area contributed by atoms with E-state index in [0.717, 1.165) is 13.1 Å². The Morgan fingerprint density at radius 3 is 2.93 bits per heavy atom. The Hall–Kier alpha value is -1.36. The molecule has 0 bridgehead atoms. The quantitative estimate of drug-likeness (QED) is 0.779. The predicted molar refractivity (Wildman–Crippen MR) is 58.0 cm³/mol. The van der Waals surface area contributed by atoms with E-state index in [9.17, 15) is 0 Å². The van der Waals surface area contributed by atoms with Gasteiger partial charge in [0.15, 0.2) is 0 Å². The summed E-state index contributed by atoms with van der Waals surface area (Å²) in [5, 5.41) is 0. The fourth-order valence-corrected chi connectivity index (χ4v) is 1.68. The number of rotatable bonds is 3. The van der Waals surface area contributed by atoms with Gasteiger partial charge in [0.05, 0.1) is 6.61 Å². The van der Waals surface area contributed by atoms with Crippen molar-refractivity contribution < 1.29 is 4.74 Å². The highest BCUT2D eigenvalue weighted by atomic mass is 16.5. The van der Waals surface area contributed by atoms with Crippen LogP contribution in [0.1, 0.15) is 13.8 Å². The molecule has 0 spiro atoms. The second kappa shape index (κ2) is 3.66. The Morgan fingerprint density at radius 1 is 1.60 bits per heavy atom. The highest BCUT2D eigenvalue weighted by molar-refractivity contribution is 5.38. The number of hydrogen-bond donors (Lipinski definition) is 1. The average molecular weight is 208 g/mol. The summed E-state index contributed by atoms with van der Waals surface area (Å²) in [6, 6.07) is 1.76. The molecule has 0 amide bonds. The number of hydrogen-bond acceptors (Lipinski definition) is 5. The van der Waals surface area contributed by atoms with Crippen LogP contribution in [0.3, 0.4) is 0 Å². The van der Waals surface area contributed by atoms with Crippen molar-refractivity contribution in [2.75, 3.05) is 24.6 Å². The molecule has 0 radical (unpaired) electrons. The van der Waals surface area contributed by atoms with Gasteiger partial charge in [-0.25, -0.2) is 4.98 Å². The first-order chi connectivity index (χ1) is 7.11. The van der Waals surface area contributed by atoms with Crippen LogP contribution in [0.5, 0.6) is 5.88 Å². The molecule has 1 saturated heterocycles. The van der Waals surface area contributed by atoms with Crippen molar-refractivity contribution in [1.82, 2.24) is 9.97 Å². The fraction of sp³-hybridized carbons (Fsp3) is 0.600. The maximum atomic E-state index is 5.92. The number of nitrogens with two attached hydrogens (primary N) is 1. The van der Waals surface area contributed by atoms with Crippen molar-refractivity contribution >= 4 is 5.95 Å². The lowest BCUT2D eigenvalue weighted by Crippen LogP contribution is -2.66. The average Bonchev–Trinajstić information content (AvgIpc) is 2.15. The van der Waals surface area contributed by atoms with Crippen molar-refractivity contribution in [2.24, 2.45) is 5.73 Å². The monoisotopic (exact) mass is 208 g/mol. The number of nitrogens with zero attached hydrogens (tertiary/aromatic N) is 3. The van der Waals surface area contributed by atoms with Crippen LogP contribution in [0.4, 0.5) is 5.95 Å². The lowest BCUT2D eigenvalue weighted by molar-refractivity contribution is 0.321. The summed E-state index contributed by atoms with van der Waals surface area (Å²) in [6.45, 7) is 6.16. The molecule has 1 fully saturated rings. The first kappa shape index (κ1) is 10.2. The van der Waals surface area contributed by atoms with Gasteiger partial charge in [-0.2, -0.15) is 4.98 Å². The fourth-order valence-electron chi connectivity index (χ4n) is 1.68. The van der Waals surface area contributed by atoms with Crippen LogP contribution in [0.2, 0.25) is 0 Å². The molecule has 1 aromatic rings. The molecular formula is C10H16N4O. The van der Waals surface area contributed by atoms with Gasteiger partial charge in [-0.05, 0) is 13.8 Å². The van der Waals surface area contributed by atoms with Gasteiger partial charge in [0, 0.05) is 30.9 Å². The zero-order valence-corrected chi connectivity index (χ0v) is 9.10. The van der Waals surface area contributed by atoms with Gasteiger partial charge in [-0.15, -0.1) is 0 Å². The second-order valence-electron chi connectivity index (χ2n) is 4.14. The molecule has 1 aliphatic heterocycles. The minimum atomic E-state index is -0.106. The molecule has 5 heteroatoms. The maximum Gasteiger partial charge on any atom is 0.228 e. The maximum absolute atomic E-state index is 5.92. The number of ether oxygens (including phenoxy) is 1. The minimum absolute atomic E-state index is 0.106. The topological polar surface area (TPSA) is 64.3 Å². The molecule has 15 heavy (non-hydrogen) atoms. The standard InChI is InChI=1S/C10H16N4O/c1-3-15-8-4-5-12-9(13-8)14-6-10(2,11)7-14/h4-5H,3,6-7,11H2,1-2H3. The Balaban J connectivity index is 2.06. The molecule has 2 rings (SSSR count). The van der Waals surface area contributed by atoms with Crippen molar-refractivity contribution in [3.8, 4) is 5.88 Å². The van der Waals surface area contributed by atoms with E-state index in [1.165, 1.54) is 0 Å². The Kier molecular flexibility index (Phi) is 2.48. The van der Waals surface area contributed by atoms with E-state index < -0.39 is 0 Å². The summed E-state index contributed by atoms with van der Waals surface area (Å²) in [5.41, 5.74) is 5.81. The summed E-state index contributed by atoms with van der Waals surface area (Å²) in [4.78, 5) is 10.5. The van der Waals surface area contributed by atoms with E-state index in [-0.39, 0.29) is 5.54 Å². The van der Waals surface area contributed by atoms with E-state index in [0.29, 0.717) is 18.4 Å². The molecular weight excluding hydrogens is 192 g/mol. The van der Waals surface area contributed by atoms with E-state index in [1.54, 1.807) is 12.3 Å². The van der Waals surface area contributed by atoms with E-state index in [4.69, 9.17) is 10.5 Å². The van der Waals surface area contributed by atoms with Gasteiger partial charge in [-0.1, -0.05) is 0 Å². The second-order valence-corrected chi connectivity index (χ2v) is 4.14. The highest BCUT2D eigenvalue weighted by Crippen LogP contribution is 2.23. The molecule has 2 heterocycles. The Labute approximate surface area is 89.3 Å². The Morgan fingerprint density at radius 2 is 2.33 bits per heavy atom. The summed E-state index contributed by atoms with van der Waals surface area (Å²) >= 11 is 0. The zero-order valence-electron chi connectivity index (χ0n) is 9.10. The van der Waals surface area contributed by atoms with Crippen LogP contribution >= 0.6 is 0 Å². The first-order valence-corrected chi connectivity index (χ1v) is 5.10.